The third-order valence-electron chi connectivity index (χ3n) is 7.24. The van der Waals surface area contributed by atoms with Crippen molar-refractivity contribution in [1.29, 1.82) is 0 Å². The highest BCUT2D eigenvalue weighted by Gasteiger charge is 2.39. The summed E-state index contributed by atoms with van der Waals surface area (Å²) in [5.74, 6) is 2.19. The predicted octanol–water partition coefficient (Wildman–Crippen LogP) is 1.90. The Morgan fingerprint density at radius 2 is 1.90 bits per heavy atom. The maximum absolute atomic E-state index is 5.59. The van der Waals surface area contributed by atoms with E-state index in [2.05, 4.69) is 30.5 Å². The molecule has 30 heavy (non-hydrogen) atoms. The van der Waals surface area contributed by atoms with E-state index < -0.39 is 0 Å². The van der Waals surface area contributed by atoms with E-state index in [0.717, 1.165) is 73.1 Å². The van der Waals surface area contributed by atoms with Crippen LogP contribution in [0.2, 0.25) is 0 Å². The summed E-state index contributed by atoms with van der Waals surface area (Å²) in [6.07, 6.45) is 5.89. The van der Waals surface area contributed by atoms with Crippen LogP contribution in [0, 0.1) is 0 Å². The number of nitrogens with one attached hydrogen (secondary N) is 1. The minimum atomic E-state index is 0.519. The van der Waals surface area contributed by atoms with Gasteiger partial charge in [-0.05, 0) is 48.4 Å². The second-order valence-electron chi connectivity index (χ2n) is 8.92. The highest BCUT2D eigenvalue weighted by Crippen LogP contribution is 2.44. The number of fused-ring (bicyclic) bond motifs is 7. The fourth-order valence-corrected chi connectivity index (χ4v) is 6.94. The van der Waals surface area contributed by atoms with Gasteiger partial charge in [0.25, 0.3) is 0 Å². The Kier molecular flexibility index (Phi) is 3.92. The summed E-state index contributed by atoms with van der Waals surface area (Å²) in [5, 5.41) is 18.1. The summed E-state index contributed by atoms with van der Waals surface area (Å²) in [6.45, 7) is 5.46. The largest absolute Gasteiger partial charge is 0.378 e. The maximum Gasteiger partial charge on any atom is 0.173 e. The molecule has 0 aromatic carbocycles. The summed E-state index contributed by atoms with van der Waals surface area (Å²) < 4.78 is 6.75. The van der Waals surface area contributed by atoms with E-state index in [1.165, 1.54) is 41.6 Å². The highest BCUT2D eigenvalue weighted by molar-refractivity contribution is 7.26. The average molecular weight is 424 g/mol. The quantitative estimate of drug-likeness (QED) is 0.670. The molecular weight excluding hydrogens is 398 g/mol. The zero-order valence-corrected chi connectivity index (χ0v) is 17.7. The Labute approximate surface area is 178 Å². The van der Waals surface area contributed by atoms with Gasteiger partial charge in [-0.2, -0.15) is 0 Å². The molecule has 6 heterocycles. The van der Waals surface area contributed by atoms with E-state index in [4.69, 9.17) is 9.72 Å². The normalized spacial score (nSPS) is 26.1. The number of aryl methyl sites for hydroxylation is 1. The summed E-state index contributed by atoms with van der Waals surface area (Å²) in [5.41, 5.74) is 3.89. The standard InChI is InChI=1S/C21H25N7OS/c1-2-4-15-14(3-1)16-17-18(30-21(16)23-19(15)27-5-7-29-8-6-27)20(25-26-24-17)28-11-12-9-13(28)10-22-12/h12-13,22H,1-11H2. The van der Waals surface area contributed by atoms with Crippen molar-refractivity contribution in [2.45, 2.75) is 44.2 Å². The monoisotopic (exact) mass is 423 g/mol. The second kappa shape index (κ2) is 6.70. The molecule has 2 atom stereocenters. The summed E-state index contributed by atoms with van der Waals surface area (Å²) >= 11 is 1.76. The van der Waals surface area contributed by atoms with E-state index in [0.29, 0.717) is 12.1 Å². The van der Waals surface area contributed by atoms with Crippen LogP contribution in [0.25, 0.3) is 20.4 Å². The lowest BCUT2D eigenvalue weighted by Crippen LogP contribution is -2.44. The molecule has 156 valence electrons. The van der Waals surface area contributed by atoms with Gasteiger partial charge in [0.05, 0.1) is 13.2 Å². The van der Waals surface area contributed by atoms with Gasteiger partial charge in [0.15, 0.2) is 5.82 Å². The number of aromatic nitrogens is 4. The number of thiophene rings is 1. The summed E-state index contributed by atoms with van der Waals surface area (Å²) in [6, 6.07) is 1.10. The lowest BCUT2D eigenvalue weighted by Gasteiger charge is -2.31. The summed E-state index contributed by atoms with van der Waals surface area (Å²) in [4.78, 5) is 11.2. The molecule has 3 aromatic rings. The number of ether oxygens (including phenoxy) is 1. The lowest BCUT2D eigenvalue weighted by molar-refractivity contribution is 0.122. The number of rotatable bonds is 2. The molecule has 0 amide bonds. The van der Waals surface area contributed by atoms with Crippen molar-refractivity contribution in [2.75, 3.05) is 49.2 Å². The molecule has 1 aliphatic carbocycles. The highest BCUT2D eigenvalue weighted by atomic mass is 32.1. The molecule has 0 spiro atoms. The van der Waals surface area contributed by atoms with Gasteiger partial charge < -0.3 is 19.9 Å². The molecule has 3 fully saturated rings. The third kappa shape index (κ3) is 2.52. The van der Waals surface area contributed by atoms with Crippen molar-refractivity contribution >= 4 is 43.4 Å². The second-order valence-corrected chi connectivity index (χ2v) is 9.92. The smallest absolute Gasteiger partial charge is 0.173 e. The van der Waals surface area contributed by atoms with Crippen LogP contribution in [0.3, 0.4) is 0 Å². The first-order valence-electron chi connectivity index (χ1n) is 11.2. The van der Waals surface area contributed by atoms with Gasteiger partial charge >= 0.3 is 0 Å². The Bertz CT molecular complexity index is 1140. The molecule has 7 rings (SSSR count). The van der Waals surface area contributed by atoms with E-state index in [-0.39, 0.29) is 0 Å². The van der Waals surface area contributed by atoms with Crippen LogP contribution in [-0.4, -0.2) is 71.9 Å². The van der Waals surface area contributed by atoms with Crippen LogP contribution in [0.15, 0.2) is 0 Å². The van der Waals surface area contributed by atoms with Crippen LogP contribution in [0.4, 0.5) is 11.6 Å². The Hall–Kier alpha value is -2.10. The van der Waals surface area contributed by atoms with E-state index in [1.807, 2.05) is 0 Å². The number of anilines is 2. The minimum absolute atomic E-state index is 0.519. The molecule has 3 aliphatic heterocycles. The zero-order valence-electron chi connectivity index (χ0n) is 16.9. The van der Waals surface area contributed by atoms with Gasteiger partial charge in [-0.3, -0.25) is 0 Å². The molecular formula is C21H25N7OS. The van der Waals surface area contributed by atoms with Gasteiger partial charge in [0, 0.05) is 43.6 Å². The van der Waals surface area contributed by atoms with E-state index >= 15 is 0 Å². The Balaban J connectivity index is 1.44. The molecule has 8 nitrogen and oxygen atoms in total. The number of pyridine rings is 1. The number of piperazine rings is 1. The summed E-state index contributed by atoms with van der Waals surface area (Å²) in [7, 11) is 0. The first-order valence-corrected chi connectivity index (χ1v) is 12.0. The van der Waals surface area contributed by atoms with Crippen LogP contribution >= 0.6 is 11.3 Å². The van der Waals surface area contributed by atoms with Crippen LogP contribution in [0.1, 0.15) is 30.4 Å². The SMILES string of the molecule is C1CCc2c(c(N3CCOCC3)nc3sc4c(N5CC6CC5CN6)nnnc4c23)C1. The topological polar surface area (TPSA) is 79.3 Å². The molecule has 4 aliphatic rings. The molecule has 0 radical (unpaired) electrons. The van der Waals surface area contributed by atoms with Crippen molar-refractivity contribution in [1.82, 2.24) is 25.7 Å². The zero-order chi connectivity index (χ0) is 19.7. The van der Waals surface area contributed by atoms with Gasteiger partial charge in [0.2, 0.25) is 0 Å². The molecule has 3 aromatic heterocycles. The van der Waals surface area contributed by atoms with Crippen LogP contribution < -0.4 is 15.1 Å². The van der Waals surface area contributed by atoms with Crippen LogP contribution in [0.5, 0.6) is 0 Å². The third-order valence-corrected chi connectivity index (χ3v) is 8.31. The van der Waals surface area contributed by atoms with Crippen molar-refractivity contribution in [2.24, 2.45) is 0 Å². The minimum Gasteiger partial charge on any atom is -0.378 e. The number of hydrogen-bond acceptors (Lipinski definition) is 9. The predicted molar refractivity (Wildman–Crippen MR) is 118 cm³/mol. The van der Waals surface area contributed by atoms with Crippen molar-refractivity contribution < 1.29 is 4.74 Å². The van der Waals surface area contributed by atoms with E-state index in [1.54, 1.807) is 11.3 Å². The van der Waals surface area contributed by atoms with Crippen molar-refractivity contribution in [3.63, 3.8) is 0 Å². The van der Waals surface area contributed by atoms with Gasteiger partial charge in [-0.15, -0.1) is 21.5 Å². The first-order chi connectivity index (χ1) is 14.9. The number of hydrogen-bond donors (Lipinski definition) is 1. The van der Waals surface area contributed by atoms with Crippen molar-refractivity contribution in [3.05, 3.63) is 11.1 Å². The molecule has 9 heteroatoms. The Morgan fingerprint density at radius 1 is 1.03 bits per heavy atom. The fourth-order valence-electron chi connectivity index (χ4n) is 5.80. The molecule has 1 N–H and O–H groups in total. The number of morpholine rings is 1. The molecule has 2 unspecified atom stereocenters. The maximum atomic E-state index is 5.59. The average Bonchev–Trinajstić information content (AvgIpc) is 3.53. The molecule has 3 saturated heterocycles. The van der Waals surface area contributed by atoms with Gasteiger partial charge in [-0.1, -0.05) is 0 Å². The van der Waals surface area contributed by atoms with E-state index in [9.17, 15) is 0 Å². The molecule has 0 saturated carbocycles. The first kappa shape index (κ1) is 17.6. The van der Waals surface area contributed by atoms with Crippen molar-refractivity contribution in [3.8, 4) is 0 Å². The van der Waals surface area contributed by atoms with Gasteiger partial charge in [0.1, 0.15) is 20.9 Å². The fraction of sp³-hybridized carbons (Fsp3) is 0.619. The lowest BCUT2D eigenvalue weighted by atomic mass is 9.90. The Morgan fingerprint density at radius 3 is 2.70 bits per heavy atom. The number of nitrogens with zero attached hydrogens (tertiary/aromatic N) is 6. The van der Waals surface area contributed by atoms with Crippen LogP contribution in [-0.2, 0) is 17.6 Å². The molecule has 2 bridgehead atoms. The van der Waals surface area contributed by atoms with Gasteiger partial charge in [-0.25, -0.2) is 4.98 Å².